The van der Waals surface area contributed by atoms with Gasteiger partial charge in [-0.2, -0.15) is 14.4 Å². The van der Waals surface area contributed by atoms with Gasteiger partial charge in [-0.1, -0.05) is 0 Å². The Bertz CT molecular complexity index is 936. The van der Waals surface area contributed by atoms with Crippen molar-refractivity contribution in [1.82, 2.24) is 29.6 Å². The highest BCUT2D eigenvalue weighted by Gasteiger charge is 2.54. The van der Waals surface area contributed by atoms with Crippen molar-refractivity contribution in [3.8, 4) is 5.75 Å². The smallest absolute Gasteiger partial charge is 0.346 e. The molecule has 2 bridgehead atoms. The van der Waals surface area contributed by atoms with Crippen LogP contribution in [0.2, 0.25) is 0 Å². The minimum atomic E-state index is -0.842. The molecule has 0 aromatic carbocycles. The highest BCUT2D eigenvalue weighted by Crippen LogP contribution is 2.46. The van der Waals surface area contributed by atoms with Crippen LogP contribution in [0.25, 0.3) is 0 Å². The molecule has 1 N–H and O–H groups in total. The summed E-state index contributed by atoms with van der Waals surface area (Å²) in [5.41, 5.74) is 1.87. The molecule has 2 atom stereocenters. The number of fused-ring (bicyclic) bond motifs is 4. The minimum Gasteiger partial charge on any atom is -0.486 e. The van der Waals surface area contributed by atoms with Crippen LogP contribution in [0.15, 0.2) is 24.5 Å². The molecule has 1 fully saturated rings. The first kappa shape index (κ1) is 19.5. The van der Waals surface area contributed by atoms with E-state index in [1.165, 1.54) is 9.80 Å². The molecule has 0 aliphatic carbocycles. The quantitative estimate of drug-likeness (QED) is 0.697. The predicted molar refractivity (Wildman–Crippen MR) is 101 cm³/mol. The van der Waals surface area contributed by atoms with E-state index in [1.807, 2.05) is 0 Å². The number of carbonyl (C=O) groups excluding carboxylic acids is 2. The van der Waals surface area contributed by atoms with Gasteiger partial charge in [0.2, 0.25) is 0 Å². The summed E-state index contributed by atoms with van der Waals surface area (Å²) >= 11 is 0.0814. The standard InChI is InChI=1S/C17H20N6O5S/c1-20(2)16(24)15-14-13(12-8-22(15)17(25)23(12)28-29-26)11(19-21(14)3)9-27-10-5-4-6-18-7-10/h4-7,12,15,26H,8-9H2,1-3H3. The third kappa shape index (κ3) is 3.18. The molecule has 0 spiro atoms. The van der Waals surface area contributed by atoms with Gasteiger partial charge in [-0.05, 0) is 12.1 Å². The van der Waals surface area contributed by atoms with Crippen LogP contribution in [0, 0.1) is 0 Å². The van der Waals surface area contributed by atoms with Gasteiger partial charge in [0.1, 0.15) is 24.1 Å². The van der Waals surface area contributed by atoms with Gasteiger partial charge >= 0.3 is 6.03 Å². The molecule has 0 radical (unpaired) electrons. The van der Waals surface area contributed by atoms with Gasteiger partial charge in [0.15, 0.2) is 18.4 Å². The molecule has 2 unspecified atom stereocenters. The lowest BCUT2D eigenvalue weighted by molar-refractivity contribution is -0.134. The number of likely N-dealkylation sites (N-methyl/N-ethyl adjacent to an activating group) is 1. The average molecular weight is 420 g/mol. The fourth-order valence-corrected chi connectivity index (χ4v) is 4.01. The lowest BCUT2D eigenvalue weighted by atomic mass is 9.94. The maximum absolute atomic E-state index is 12.9. The zero-order chi connectivity index (χ0) is 20.7. The molecule has 2 aromatic rings. The van der Waals surface area contributed by atoms with Crippen LogP contribution in [0.4, 0.5) is 4.79 Å². The fraction of sp³-hybridized carbons (Fsp3) is 0.412. The normalized spacial score (nSPS) is 20.1. The van der Waals surface area contributed by atoms with Crippen molar-refractivity contribution in [3.63, 3.8) is 0 Å². The number of rotatable bonds is 6. The molecule has 2 aliphatic heterocycles. The van der Waals surface area contributed by atoms with E-state index in [-0.39, 0.29) is 31.4 Å². The van der Waals surface area contributed by atoms with Gasteiger partial charge < -0.3 is 19.1 Å². The summed E-state index contributed by atoms with van der Waals surface area (Å²) in [6.45, 7) is 0.366. The molecule has 4 rings (SSSR count). The second kappa shape index (κ2) is 7.54. The number of amides is 3. The van der Waals surface area contributed by atoms with E-state index in [4.69, 9.17) is 13.6 Å². The zero-order valence-corrected chi connectivity index (χ0v) is 16.9. The Hall–Kier alpha value is -2.83. The summed E-state index contributed by atoms with van der Waals surface area (Å²) in [6.07, 6.45) is 3.24. The Kier molecular flexibility index (Phi) is 5.06. The topological polar surface area (TPSA) is 113 Å². The van der Waals surface area contributed by atoms with Crippen molar-refractivity contribution < 1.29 is 23.2 Å². The summed E-state index contributed by atoms with van der Waals surface area (Å²) in [5.74, 6) is 0.325. The van der Waals surface area contributed by atoms with Gasteiger partial charge in [0.25, 0.3) is 5.91 Å². The lowest BCUT2D eigenvalue weighted by Gasteiger charge is -2.32. The summed E-state index contributed by atoms with van der Waals surface area (Å²) in [7, 11) is 5.00. The lowest BCUT2D eigenvalue weighted by Crippen LogP contribution is -2.43. The van der Waals surface area contributed by atoms with Crippen molar-refractivity contribution in [2.75, 3.05) is 20.6 Å². The third-order valence-electron chi connectivity index (χ3n) is 5.00. The molecule has 0 saturated carbocycles. The molecule has 1 saturated heterocycles. The number of nitrogens with zero attached hydrogens (tertiary/aromatic N) is 6. The highest BCUT2D eigenvalue weighted by atomic mass is 32.2. The predicted octanol–water partition coefficient (Wildman–Crippen LogP) is 1.37. The highest BCUT2D eigenvalue weighted by molar-refractivity contribution is 7.88. The summed E-state index contributed by atoms with van der Waals surface area (Å²) < 4.78 is 21.7. The number of hydrogen-bond donors (Lipinski definition) is 1. The largest absolute Gasteiger partial charge is 0.486 e. The maximum atomic E-state index is 12.9. The Morgan fingerprint density at radius 2 is 2.24 bits per heavy atom. The molecule has 11 nitrogen and oxygen atoms in total. The van der Waals surface area contributed by atoms with Crippen LogP contribution in [0.1, 0.15) is 29.0 Å². The van der Waals surface area contributed by atoms with E-state index in [2.05, 4.69) is 10.1 Å². The monoisotopic (exact) mass is 420 g/mol. The molecule has 3 amide bonds. The molecule has 29 heavy (non-hydrogen) atoms. The summed E-state index contributed by atoms with van der Waals surface area (Å²) in [6, 6.07) is 1.68. The number of carbonyl (C=O) groups is 2. The van der Waals surface area contributed by atoms with E-state index < -0.39 is 18.1 Å². The van der Waals surface area contributed by atoms with E-state index >= 15 is 0 Å². The molecular weight excluding hydrogens is 400 g/mol. The van der Waals surface area contributed by atoms with Crippen molar-refractivity contribution in [1.29, 1.82) is 0 Å². The van der Waals surface area contributed by atoms with Crippen molar-refractivity contribution >= 4 is 24.3 Å². The van der Waals surface area contributed by atoms with Crippen LogP contribution in [-0.4, -0.2) is 66.8 Å². The SMILES string of the molecule is CN(C)C(=O)C1c2c(c(COc3cccnc3)nn2C)C2CN1C(=O)N2OSO. The van der Waals surface area contributed by atoms with Crippen molar-refractivity contribution in [2.45, 2.75) is 18.7 Å². The second-order valence-corrected chi connectivity index (χ2v) is 7.21. The van der Waals surface area contributed by atoms with Crippen LogP contribution < -0.4 is 4.74 Å². The first-order valence-electron chi connectivity index (χ1n) is 8.81. The zero-order valence-electron chi connectivity index (χ0n) is 16.1. The fourth-order valence-electron chi connectivity index (χ4n) is 3.77. The Balaban J connectivity index is 1.76. The Labute approximate surface area is 171 Å². The van der Waals surface area contributed by atoms with Gasteiger partial charge in [-0.25, -0.2) is 4.79 Å². The third-order valence-corrected chi connectivity index (χ3v) is 5.22. The number of hydroxylamine groups is 2. The van der Waals surface area contributed by atoms with Gasteiger partial charge in [-0.3, -0.25) is 14.5 Å². The summed E-state index contributed by atoms with van der Waals surface area (Å²) in [4.78, 5) is 32.7. The van der Waals surface area contributed by atoms with Gasteiger partial charge in [0.05, 0.1) is 18.4 Å². The average Bonchev–Trinajstić information content (AvgIpc) is 3.18. The van der Waals surface area contributed by atoms with E-state index in [0.717, 1.165) is 5.06 Å². The molecule has 2 aromatic heterocycles. The van der Waals surface area contributed by atoms with Crippen LogP contribution in [0.5, 0.6) is 5.75 Å². The number of ether oxygens (including phenoxy) is 1. The second-order valence-electron chi connectivity index (χ2n) is 6.91. The molecule has 2 aliphatic rings. The summed E-state index contributed by atoms with van der Waals surface area (Å²) in [5, 5.41) is 5.62. The Morgan fingerprint density at radius 3 is 2.90 bits per heavy atom. The van der Waals surface area contributed by atoms with Gasteiger partial charge in [-0.15, -0.1) is 0 Å². The first-order chi connectivity index (χ1) is 13.9. The van der Waals surface area contributed by atoms with Crippen molar-refractivity contribution in [3.05, 3.63) is 41.5 Å². The maximum Gasteiger partial charge on any atom is 0.346 e. The van der Waals surface area contributed by atoms with Crippen LogP contribution in [-0.2, 0) is 22.7 Å². The molecule has 4 heterocycles. The van der Waals surface area contributed by atoms with Gasteiger partial charge in [0, 0.05) is 32.9 Å². The van der Waals surface area contributed by atoms with E-state index in [0.29, 0.717) is 22.7 Å². The van der Waals surface area contributed by atoms with E-state index in [9.17, 15) is 9.59 Å². The molecule has 154 valence electrons. The number of urea groups is 1. The number of aryl methyl sites for hydroxylation is 1. The number of aromatic nitrogens is 3. The Morgan fingerprint density at radius 1 is 1.45 bits per heavy atom. The van der Waals surface area contributed by atoms with Crippen molar-refractivity contribution in [2.24, 2.45) is 7.05 Å². The van der Waals surface area contributed by atoms with E-state index in [1.54, 1.807) is 50.4 Å². The van der Waals surface area contributed by atoms with Crippen LogP contribution in [0.3, 0.4) is 0 Å². The number of hydrogen-bond acceptors (Lipinski definition) is 8. The number of pyridine rings is 1. The minimum absolute atomic E-state index is 0.0814. The molecular formula is C17H20N6O5S. The first-order valence-corrected chi connectivity index (χ1v) is 9.51. The molecule has 12 heteroatoms. The van der Waals surface area contributed by atoms with Crippen LogP contribution >= 0.6 is 12.3 Å².